The van der Waals surface area contributed by atoms with Crippen LogP contribution in [0.25, 0.3) is 5.57 Å². The van der Waals surface area contributed by atoms with Crippen LogP contribution in [0.2, 0.25) is 0 Å². The maximum Gasteiger partial charge on any atom is 0.123 e. The van der Waals surface area contributed by atoms with Crippen LogP contribution in [-0.2, 0) is 11.8 Å². The molecule has 100 valence electrons. The van der Waals surface area contributed by atoms with Gasteiger partial charge in [-0.25, -0.2) is 0 Å². The van der Waals surface area contributed by atoms with E-state index in [0.29, 0.717) is 0 Å². The van der Waals surface area contributed by atoms with E-state index in [2.05, 4.69) is 49.2 Å². The van der Waals surface area contributed by atoms with Crippen molar-refractivity contribution in [2.24, 2.45) is 0 Å². The molecular weight excluding hydrogens is 246 g/mol. The van der Waals surface area contributed by atoms with Crippen LogP contribution in [0.15, 0.2) is 42.6 Å². The highest BCUT2D eigenvalue weighted by atomic mass is 16.5. The molecule has 0 spiro atoms. The van der Waals surface area contributed by atoms with E-state index in [0.717, 1.165) is 18.8 Å². The van der Waals surface area contributed by atoms with Crippen molar-refractivity contribution in [1.82, 2.24) is 4.98 Å². The Morgan fingerprint density at radius 2 is 2.10 bits per heavy atom. The molecule has 1 aliphatic heterocycles. The molecule has 0 atom stereocenters. The molecule has 0 amide bonds. The van der Waals surface area contributed by atoms with E-state index in [9.17, 15) is 0 Å². The van der Waals surface area contributed by atoms with Crippen molar-refractivity contribution >= 4 is 5.57 Å². The number of hydrogen-bond donors (Lipinski definition) is 0. The summed E-state index contributed by atoms with van der Waals surface area (Å²) in [6, 6.07) is 10.7. The summed E-state index contributed by atoms with van der Waals surface area (Å²) in [6.07, 6.45) is 5.08. The number of pyridine rings is 1. The molecule has 2 aliphatic rings. The van der Waals surface area contributed by atoms with Crippen molar-refractivity contribution in [2.75, 3.05) is 6.61 Å². The Bertz CT molecular complexity index is 728. The van der Waals surface area contributed by atoms with Crippen LogP contribution in [0, 0.1) is 0 Å². The fourth-order valence-electron chi connectivity index (χ4n) is 3.12. The fourth-order valence-corrected chi connectivity index (χ4v) is 3.12. The first kappa shape index (κ1) is 11.7. The minimum Gasteiger partial charge on any atom is -0.492 e. The van der Waals surface area contributed by atoms with Gasteiger partial charge >= 0.3 is 0 Å². The first-order valence-corrected chi connectivity index (χ1v) is 7.07. The highest BCUT2D eigenvalue weighted by molar-refractivity contribution is 5.84. The van der Waals surface area contributed by atoms with Crippen LogP contribution in [0.3, 0.4) is 0 Å². The van der Waals surface area contributed by atoms with Gasteiger partial charge in [-0.2, -0.15) is 0 Å². The van der Waals surface area contributed by atoms with Crippen molar-refractivity contribution in [3.8, 4) is 5.75 Å². The zero-order valence-corrected chi connectivity index (χ0v) is 11.8. The summed E-state index contributed by atoms with van der Waals surface area (Å²) in [7, 11) is 0. The van der Waals surface area contributed by atoms with E-state index >= 15 is 0 Å². The van der Waals surface area contributed by atoms with E-state index in [4.69, 9.17) is 4.74 Å². The first-order chi connectivity index (χ1) is 9.65. The summed E-state index contributed by atoms with van der Waals surface area (Å²) in [4.78, 5) is 4.46. The molecule has 0 unspecified atom stereocenters. The number of fused-ring (bicyclic) bond motifs is 2. The van der Waals surface area contributed by atoms with Crippen LogP contribution in [0.1, 0.15) is 36.2 Å². The molecule has 0 N–H and O–H groups in total. The zero-order valence-electron chi connectivity index (χ0n) is 11.8. The number of rotatable bonds is 1. The molecule has 0 bridgehead atoms. The van der Waals surface area contributed by atoms with Gasteiger partial charge in [-0.1, -0.05) is 32.1 Å². The fraction of sp³-hybridized carbons (Fsp3) is 0.278. The Morgan fingerprint density at radius 3 is 3.00 bits per heavy atom. The second kappa shape index (κ2) is 3.95. The number of allylic oxidation sites excluding steroid dienone is 1. The molecule has 1 aromatic heterocycles. The summed E-state index contributed by atoms with van der Waals surface area (Å²) < 4.78 is 5.77. The maximum atomic E-state index is 5.77. The van der Waals surface area contributed by atoms with Crippen molar-refractivity contribution in [1.29, 1.82) is 0 Å². The summed E-state index contributed by atoms with van der Waals surface area (Å²) in [5, 5.41) is 0. The van der Waals surface area contributed by atoms with Gasteiger partial charge in [-0.15, -0.1) is 0 Å². The van der Waals surface area contributed by atoms with Crippen molar-refractivity contribution in [3.63, 3.8) is 0 Å². The topological polar surface area (TPSA) is 22.1 Å². The van der Waals surface area contributed by atoms with Gasteiger partial charge in [0, 0.05) is 29.2 Å². The average Bonchev–Trinajstić information content (AvgIpc) is 3.00. The van der Waals surface area contributed by atoms with E-state index in [1.54, 1.807) is 0 Å². The quantitative estimate of drug-likeness (QED) is 0.782. The highest BCUT2D eigenvalue weighted by Gasteiger charge is 2.32. The van der Waals surface area contributed by atoms with Gasteiger partial charge in [0.15, 0.2) is 0 Å². The van der Waals surface area contributed by atoms with Crippen LogP contribution >= 0.6 is 0 Å². The standard InChI is InChI=1S/C18H17NO/c1-18(2)11-20-17-8-5-12(10-15(17)18)13-6-7-16-14(13)4-3-9-19-16/h3-6,8-10H,7,11H2,1-2H3. The minimum absolute atomic E-state index is 0.0995. The largest absolute Gasteiger partial charge is 0.492 e. The van der Waals surface area contributed by atoms with Gasteiger partial charge in [0.25, 0.3) is 0 Å². The summed E-state index contributed by atoms with van der Waals surface area (Å²) in [6.45, 7) is 5.24. The Kier molecular flexibility index (Phi) is 2.31. The van der Waals surface area contributed by atoms with Gasteiger partial charge in [-0.3, -0.25) is 4.98 Å². The van der Waals surface area contributed by atoms with Gasteiger partial charge in [-0.05, 0) is 29.3 Å². The lowest BCUT2D eigenvalue weighted by atomic mass is 9.85. The third-order valence-corrected chi connectivity index (χ3v) is 4.29. The van der Waals surface area contributed by atoms with Crippen LogP contribution in [0.5, 0.6) is 5.75 Å². The van der Waals surface area contributed by atoms with Crippen molar-refractivity contribution < 1.29 is 4.74 Å². The molecule has 1 aliphatic carbocycles. The molecule has 0 saturated heterocycles. The second-order valence-corrected chi connectivity index (χ2v) is 6.20. The number of aromatic nitrogens is 1. The number of benzene rings is 1. The molecule has 2 heteroatoms. The maximum absolute atomic E-state index is 5.77. The minimum atomic E-state index is 0.0995. The molecule has 20 heavy (non-hydrogen) atoms. The summed E-state index contributed by atoms with van der Waals surface area (Å²) >= 11 is 0. The molecule has 2 heterocycles. The Balaban J connectivity index is 1.83. The smallest absolute Gasteiger partial charge is 0.123 e. The molecule has 1 aromatic carbocycles. The molecule has 2 nitrogen and oxygen atoms in total. The molecular formula is C18H17NO. The van der Waals surface area contributed by atoms with Gasteiger partial charge < -0.3 is 4.74 Å². The molecule has 0 radical (unpaired) electrons. The molecule has 4 rings (SSSR count). The molecule has 2 aromatic rings. The third-order valence-electron chi connectivity index (χ3n) is 4.29. The SMILES string of the molecule is CC1(C)COc2ccc(C3=CCc4ncccc43)cc21. The monoisotopic (exact) mass is 263 g/mol. The predicted octanol–water partition coefficient (Wildman–Crippen LogP) is 3.74. The second-order valence-electron chi connectivity index (χ2n) is 6.20. The number of ether oxygens (including phenoxy) is 1. The van der Waals surface area contributed by atoms with Crippen molar-refractivity contribution in [3.05, 3.63) is 65.0 Å². The summed E-state index contributed by atoms with van der Waals surface area (Å²) in [5.74, 6) is 1.03. The predicted molar refractivity (Wildman–Crippen MR) is 80.0 cm³/mol. The summed E-state index contributed by atoms with van der Waals surface area (Å²) in [5.41, 5.74) is 6.44. The van der Waals surface area contributed by atoms with E-state index in [1.165, 1.54) is 28.0 Å². The van der Waals surface area contributed by atoms with Gasteiger partial charge in [0.05, 0.1) is 12.3 Å². The number of nitrogens with zero attached hydrogens (tertiary/aromatic N) is 1. The number of hydrogen-bond acceptors (Lipinski definition) is 2. The lowest BCUT2D eigenvalue weighted by Crippen LogP contribution is -2.18. The van der Waals surface area contributed by atoms with Crippen LogP contribution in [-0.4, -0.2) is 11.6 Å². The average molecular weight is 263 g/mol. The lowest BCUT2D eigenvalue weighted by molar-refractivity contribution is 0.291. The Labute approximate surface area is 119 Å². The van der Waals surface area contributed by atoms with Gasteiger partial charge in [0.1, 0.15) is 5.75 Å². The van der Waals surface area contributed by atoms with Crippen molar-refractivity contribution in [2.45, 2.75) is 25.7 Å². The Hall–Kier alpha value is -2.09. The van der Waals surface area contributed by atoms with E-state index in [-0.39, 0.29) is 5.41 Å². The van der Waals surface area contributed by atoms with Crippen LogP contribution < -0.4 is 4.74 Å². The highest BCUT2D eigenvalue weighted by Crippen LogP contribution is 2.41. The Morgan fingerprint density at radius 1 is 1.20 bits per heavy atom. The third kappa shape index (κ3) is 1.61. The van der Waals surface area contributed by atoms with Crippen LogP contribution in [0.4, 0.5) is 0 Å². The van der Waals surface area contributed by atoms with E-state index in [1.807, 2.05) is 12.3 Å². The zero-order chi connectivity index (χ0) is 13.7. The lowest BCUT2D eigenvalue weighted by Gasteiger charge is -2.16. The molecule has 0 fully saturated rings. The molecule has 0 saturated carbocycles. The first-order valence-electron chi connectivity index (χ1n) is 7.07. The normalized spacial score (nSPS) is 18.2. The van der Waals surface area contributed by atoms with E-state index < -0.39 is 0 Å². The van der Waals surface area contributed by atoms with Gasteiger partial charge in [0.2, 0.25) is 0 Å².